The van der Waals surface area contributed by atoms with E-state index < -0.39 is 17.7 Å². The van der Waals surface area contributed by atoms with Gasteiger partial charge in [0.05, 0.1) is 5.56 Å². The van der Waals surface area contributed by atoms with Crippen LogP contribution < -0.4 is 4.74 Å². The molecule has 0 aliphatic carbocycles. The molecule has 0 bridgehead atoms. The SMILES string of the molecule is O=C(C=Cc1cccc(C(F)(F)F)c1)Oc1ccc2oc3ccccc3c2c1. The van der Waals surface area contributed by atoms with E-state index in [4.69, 9.17) is 9.15 Å². The van der Waals surface area contributed by atoms with Crippen LogP contribution in [-0.2, 0) is 11.0 Å². The Balaban J connectivity index is 1.54. The van der Waals surface area contributed by atoms with Crippen molar-refractivity contribution in [3.8, 4) is 5.75 Å². The molecule has 4 rings (SSSR count). The van der Waals surface area contributed by atoms with Crippen molar-refractivity contribution in [2.45, 2.75) is 6.18 Å². The van der Waals surface area contributed by atoms with E-state index in [1.54, 1.807) is 18.2 Å². The molecule has 0 aliphatic heterocycles. The van der Waals surface area contributed by atoms with Crippen LogP contribution in [0.2, 0.25) is 0 Å². The highest BCUT2D eigenvalue weighted by molar-refractivity contribution is 6.05. The fourth-order valence-corrected chi connectivity index (χ4v) is 2.90. The summed E-state index contributed by atoms with van der Waals surface area (Å²) in [6.45, 7) is 0. The quantitative estimate of drug-likeness (QED) is 0.240. The highest BCUT2D eigenvalue weighted by atomic mass is 19.4. The smallest absolute Gasteiger partial charge is 0.416 e. The summed E-state index contributed by atoms with van der Waals surface area (Å²) in [4.78, 5) is 12.1. The Morgan fingerprint density at radius 2 is 1.68 bits per heavy atom. The molecule has 28 heavy (non-hydrogen) atoms. The normalized spacial score (nSPS) is 12.1. The van der Waals surface area contributed by atoms with Gasteiger partial charge in [0.25, 0.3) is 0 Å². The molecule has 6 heteroatoms. The van der Waals surface area contributed by atoms with Crippen LogP contribution in [0.3, 0.4) is 0 Å². The number of benzene rings is 3. The third kappa shape index (κ3) is 3.62. The van der Waals surface area contributed by atoms with Gasteiger partial charge < -0.3 is 9.15 Å². The molecular weight excluding hydrogens is 369 g/mol. The zero-order chi connectivity index (χ0) is 19.7. The minimum Gasteiger partial charge on any atom is -0.456 e. The van der Waals surface area contributed by atoms with Gasteiger partial charge >= 0.3 is 12.1 Å². The van der Waals surface area contributed by atoms with Gasteiger partial charge in [0, 0.05) is 16.8 Å². The molecule has 0 spiro atoms. The Kier molecular flexibility index (Phi) is 4.39. The highest BCUT2D eigenvalue weighted by Gasteiger charge is 2.30. The molecule has 0 radical (unpaired) electrons. The van der Waals surface area contributed by atoms with Crippen LogP contribution in [0.25, 0.3) is 28.0 Å². The zero-order valence-electron chi connectivity index (χ0n) is 14.4. The number of carbonyl (C=O) groups excluding carboxylic acids is 1. The molecule has 0 atom stereocenters. The number of hydrogen-bond acceptors (Lipinski definition) is 3. The van der Waals surface area contributed by atoms with E-state index in [1.165, 1.54) is 18.2 Å². The molecule has 0 unspecified atom stereocenters. The van der Waals surface area contributed by atoms with Crippen LogP contribution >= 0.6 is 0 Å². The van der Waals surface area contributed by atoms with Crippen LogP contribution in [0.15, 0.2) is 77.2 Å². The average Bonchev–Trinajstić information content (AvgIpc) is 3.04. The molecule has 0 fully saturated rings. The van der Waals surface area contributed by atoms with Crippen LogP contribution in [0, 0.1) is 0 Å². The molecule has 1 aromatic heterocycles. The van der Waals surface area contributed by atoms with Gasteiger partial charge in [-0.15, -0.1) is 0 Å². The van der Waals surface area contributed by atoms with E-state index in [0.717, 1.165) is 34.6 Å². The van der Waals surface area contributed by atoms with Gasteiger partial charge in [0.15, 0.2) is 0 Å². The van der Waals surface area contributed by atoms with E-state index in [-0.39, 0.29) is 5.56 Å². The Bertz CT molecular complexity index is 1200. The average molecular weight is 382 g/mol. The molecule has 3 nitrogen and oxygen atoms in total. The Hall–Kier alpha value is -3.54. The molecule has 0 amide bonds. The molecule has 1 heterocycles. The third-order valence-corrected chi connectivity index (χ3v) is 4.19. The van der Waals surface area contributed by atoms with Gasteiger partial charge in [0.2, 0.25) is 0 Å². The maximum Gasteiger partial charge on any atom is 0.416 e. The molecule has 0 saturated carbocycles. The van der Waals surface area contributed by atoms with Crippen LogP contribution in [-0.4, -0.2) is 5.97 Å². The summed E-state index contributed by atoms with van der Waals surface area (Å²) < 4.78 is 49.2. The first-order valence-electron chi connectivity index (χ1n) is 8.39. The van der Waals surface area contributed by atoms with Crippen molar-refractivity contribution in [1.82, 2.24) is 0 Å². The third-order valence-electron chi connectivity index (χ3n) is 4.19. The molecule has 0 aliphatic rings. The van der Waals surface area contributed by atoms with Crippen LogP contribution in [0.5, 0.6) is 5.75 Å². The number of hydrogen-bond donors (Lipinski definition) is 0. The molecule has 140 valence electrons. The maximum atomic E-state index is 12.7. The predicted molar refractivity (Wildman–Crippen MR) is 99.8 cm³/mol. The summed E-state index contributed by atoms with van der Waals surface area (Å²) >= 11 is 0. The lowest BCUT2D eigenvalue weighted by atomic mass is 10.1. The topological polar surface area (TPSA) is 39.4 Å². The Morgan fingerprint density at radius 1 is 0.893 bits per heavy atom. The summed E-state index contributed by atoms with van der Waals surface area (Å²) in [5, 5.41) is 1.71. The lowest BCUT2D eigenvalue weighted by molar-refractivity contribution is -0.137. The van der Waals surface area contributed by atoms with Crippen molar-refractivity contribution >= 4 is 34.0 Å². The lowest BCUT2D eigenvalue weighted by Gasteiger charge is -2.06. The molecule has 3 aromatic carbocycles. The molecule has 4 aromatic rings. The van der Waals surface area contributed by atoms with Gasteiger partial charge in [-0.3, -0.25) is 0 Å². The second-order valence-electron chi connectivity index (χ2n) is 6.13. The minimum absolute atomic E-state index is 0.253. The van der Waals surface area contributed by atoms with Crippen molar-refractivity contribution in [1.29, 1.82) is 0 Å². The summed E-state index contributed by atoms with van der Waals surface area (Å²) in [6, 6.07) is 17.2. The van der Waals surface area contributed by atoms with E-state index >= 15 is 0 Å². The van der Waals surface area contributed by atoms with Gasteiger partial charge in [-0.1, -0.05) is 30.3 Å². The first-order valence-corrected chi connectivity index (χ1v) is 8.39. The number of esters is 1. The number of ether oxygens (including phenoxy) is 1. The Labute approximate surface area is 157 Å². The number of fused-ring (bicyclic) bond motifs is 3. The number of rotatable bonds is 3. The number of halogens is 3. The zero-order valence-corrected chi connectivity index (χ0v) is 14.4. The summed E-state index contributed by atoms with van der Waals surface area (Å²) in [6.07, 6.45) is -2.07. The lowest BCUT2D eigenvalue weighted by Crippen LogP contribution is -2.05. The Morgan fingerprint density at radius 3 is 2.50 bits per heavy atom. The van der Waals surface area contributed by atoms with Crippen molar-refractivity contribution in [2.75, 3.05) is 0 Å². The maximum absolute atomic E-state index is 12.7. The number of carbonyl (C=O) groups is 1. The highest BCUT2D eigenvalue weighted by Crippen LogP contribution is 2.31. The van der Waals surface area contributed by atoms with Gasteiger partial charge in [0.1, 0.15) is 16.9 Å². The second kappa shape index (κ2) is 6.88. The van der Waals surface area contributed by atoms with E-state index in [0.29, 0.717) is 11.3 Å². The fourth-order valence-electron chi connectivity index (χ4n) is 2.90. The van der Waals surface area contributed by atoms with E-state index in [2.05, 4.69) is 0 Å². The first kappa shape index (κ1) is 17.9. The van der Waals surface area contributed by atoms with Crippen molar-refractivity contribution in [3.05, 3.63) is 83.9 Å². The first-order chi connectivity index (χ1) is 13.4. The number of alkyl halides is 3. The molecular formula is C22H13F3O3. The second-order valence-corrected chi connectivity index (χ2v) is 6.13. The minimum atomic E-state index is -4.44. The summed E-state index contributed by atoms with van der Waals surface area (Å²) in [7, 11) is 0. The summed E-state index contributed by atoms with van der Waals surface area (Å²) in [5.41, 5.74) is 0.870. The van der Waals surface area contributed by atoms with Gasteiger partial charge in [-0.2, -0.15) is 13.2 Å². The number of para-hydroxylation sites is 1. The van der Waals surface area contributed by atoms with E-state index in [1.807, 2.05) is 24.3 Å². The molecule has 0 N–H and O–H groups in total. The monoisotopic (exact) mass is 382 g/mol. The van der Waals surface area contributed by atoms with Crippen molar-refractivity contribution < 1.29 is 27.1 Å². The fraction of sp³-hybridized carbons (Fsp3) is 0.0455. The molecule has 0 saturated heterocycles. The van der Waals surface area contributed by atoms with Crippen LogP contribution in [0.4, 0.5) is 13.2 Å². The van der Waals surface area contributed by atoms with Crippen molar-refractivity contribution in [3.63, 3.8) is 0 Å². The van der Waals surface area contributed by atoms with Crippen molar-refractivity contribution in [2.24, 2.45) is 0 Å². The standard InChI is InChI=1S/C22H13F3O3/c23-22(24,25)15-5-3-4-14(12-15)8-11-21(26)27-16-9-10-20-18(13-16)17-6-1-2-7-19(17)28-20/h1-13H. The predicted octanol–water partition coefficient (Wildman–Crippen LogP) is 6.22. The summed E-state index contributed by atoms with van der Waals surface area (Å²) in [5.74, 6) is -0.373. The van der Waals surface area contributed by atoms with E-state index in [9.17, 15) is 18.0 Å². The van der Waals surface area contributed by atoms with Gasteiger partial charge in [-0.05, 0) is 48.0 Å². The number of furan rings is 1. The van der Waals surface area contributed by atoms with Crippen LogP contribution in [0.1, 0.15) is 11.1 Å². The largest absolute Gasteiger partial charge is 0.456 e. The van der Waals surface area contributed by atoms with Gasteiger partial charge in [-0.25, -0.2) is 4.79 Å².